The molecule has 0 spiro atoms. The smallest absolute Gasteiger partial charge is 0.234 e. The fourth-order valence-electron chi connectivity index (χ4n) is 2.21. The maximum Gasteiger partial charge on any atom is 0.234 e. The zero-order valence-corrected chi connectivity index (χ0v) is 12.5. The summed E-state index contributed by atoms with van der Waals surface area (Å²) in [7, 11) is 0. The van der Waals surface area contributed by atoms with Crippen molar-refractivity contribution in [2.75, 3.05) is 19.6 Å². The number of aryl methyl sites for hydroxylation is 2. The van der Waals surface area contributed by atoms with E-state index in [0.29, 0.717) is 6.54 Å². The van der Waals surface area contributed by atoms with Crippen molar-refractivity contribution >= 4 is 21.8 Å². The summed E-state index contributed by atoms with van der Waals surface area (Å²) in [5.41, 5.74) is 2.26. The van der Waals surface area contributed by atoms with Crippen LogP contribution in [0.4, 0.5) is 0 Å². The summed E-state index contributed by atoms with van der Waals surface area (Å²) in [6.45, 7) is 7.92. The zero-order valence-electron chi connectivity index (χ0n) is 10.9. The minimum Gasteiger partial charge on any atom is -0.354 e. The normalized spacial score (nSPS) is 16.9. The number of nitrogens with zero attached hydrogens (tertiary/aromatic N) is 3. The Balaban J connectivity index is 2.17. The number of nitrogens with one attached hydrogen (secondary N) is 1. The summed E-state index contributed by atoms with van der Waals surface area (Å²) in [6.07, 6.45) is 0.918. The molecule has 1 aliphatic heterocycles. The molecule has 0 radical (unpaired) electrons. The van der Waals surface area contributed by atoms with Crippen molar-refractivity contribution in [2.24, 2.45) is 0 Å². The topological polar surface area (TPSA) is 50.2 Å². The second-order valence-corrected chi connectivity index (χ2v) is 5.23. The van der Waals surface area contributed by atoms with Gasteiger partial charge >= 0.3 is 0 Å². The lowest BCUT2D eigenvalue weighted by Gasteiger charge is -2.26. The van der Waals surface area contributed by atoms with E-state index in [1.54, 1.807) is 0 Å². The van der Waals surface area contributed by atoms with Crippen molar-refractivity contribution in [2.45, 2.75) is 33.4 Å². The summed E-state index contributed by atoms with van der Waals surface area (Å²) in [5, 5.41) is 7.42. The molecule has 1 aliphatic rings. The van der Waals surface area contributed by atoms with Gasteiger partial charge in [0.25, 0.3) is 0 Å². The van der Waals surface area contributed by atoms with Gasteiger partial charge in [0.1, 0.15) is 0 Å². The molecule has 0 unspecified atom stereocenters. The Kier molecular flexibility index (Phi) is 4.40. The Hall–Kier alpha value is -0.880. The first-order chi connectivity index (χ1) is 8.65. The maximum absolute atomic E-state index is 11.4. The third kappa shape index (κ3) is 2.75. The van der Waals surface area contributed by atoms with Gasteiger partial charge in [-0.25, -0.2) is 0 Å². The number of hydrogen-bond donors (Lipinski definition) is 1. The van der Waals surface area contributed by atoms with Gasteiger partial charge in [-0.15, -0.1) is 0 Å². The van der Waals surface area contributed by atoms with Gasteiger partial charge < -0.3 is 5.32 Å². The summed E-state index contributed by atoms with van der Waals surface area (Å²) in [6, 6.07) is 0. The van der Waals surface area contributed by atoms with Crippen LogP contribution in [0.5, 0.6) is 0 Å². The predicted octanol–water partition coefficient (Wildman–Crippen LogP) is 1.16. The molecule has 0 saturated carbocycles. The Morgan fingerprint density at radius 1 is 1.44 bits per heavy atom. The van der Waals surface area contributed by atoms with E-state index in [2.05, 4.69) is 45.1 Å². The van der Waals surface area contributed by atoms with Crippen LogP contribution in [-0.2, 0) is 24.3 Å². The highest BCUT2D eigenvalue weighted by Gasteiger charge is 2.20. The van der Waals surface area contributed by atoms with E-state index in [1.807, 2.05) is 4.68 Å². The zero-order chi connectivity index (χ0) is 13.1. The highest BCUT2D eigenvalue weighted by atomic mass is 79.9. The fourth-order valence-corrected chi connectivity index (χ4v) is 2.90. The number of carbonyl (C=O) groups is 1. The molecule has 0 bridgehead atoms. The van der Waals surface area contributed by atoms with Crippen molar-refractivity contribution in [3.8, 4) is 0 Å². The number of hydrogen-bond acceptors (Lipinski definition) is 3. The third-order valence-corrected chi connectivity index (χ3v) is 4.10. The largest absolute Gasteiger partial charge is 0.354 e. The van der Waals surface area contributed by atoms with Gasteiger partial charge in [-0.2, -0.15) is 5.10 Å². The van der Waals surface area contributed by atoms with E-state index in [-0.39, 0.29) is 5.91 Å². The molecule has 1 N–H and O–H groups in total. The number of rotatable bonds is 4. The molecular formula is C12H19BrN4O. The van der Waals surface area contributed by atoms with Crippen molar-refractivity contribution in [1.29, 1.82) is 0 Å². The van der Waals surface area contributed by atoms with Crippen LogP contribution >= 0.6 is 15.9 Å². The molecule has 5 nitrogen and oxygen atoms in total. The Morgan fingerprint density at radius 3 is 2.83 bits per heavy atom. The van der Waals surface area contributed by atoms with Gasteiger partial charge in [0.05, 0.1) is 22.4 Å². The summed E-state index contributed by atoms with van der Waals surface area (Å²) >= 11 is 3.63. The minimum atomic E-state index is 0.107. The Bertz CT molecular complexity index is 444. The lowest BCUT2D eigenvalue weighted by molar-refractivity contribution is -0.124. The van der Waals surface area contributed by atoms with Crippen molar-refractivity contribution in [3.63, 3.8) is 0 Å². The number of carbonyl (C=O) groups excluding carboxylic acids is 1. The fraction of sp³-hybridized carbons (Fsp3) is 0.667. The molecule has 1 amide bonds. The molecule has 0 atom stereocenters. The minimum absolute atomic E-state index is 0.107. The second kappa shape index (κ2) is 5.84. The van der Waals surface area contributed by atoms with E-state index in [4.69, 9.17) is 0 Å². The molecule has 1 aromatic heterocycles. The molecule has 18 heavy (non-hydrogen) atoms. The number of piperazine rings is 1. The van der Waals surface area contributed by atoms with E-state index in [9.17, 15) is 4.79 Å². The SMILES string of the molecule is CCc1nn(CC)c(CN2CCNC(=O)C2)c1Br. The molecule has 1 fully saturated rings. The second-order valence-electron chi connectivity index (χ2n) is 4.44. The van der Waals surface area contributed by atoms with E-state index in [0.717, 1.165) is 42.8 Å². The van der Waals surface area contributed by atoms with Crippen molar-refractivity contribution in [1.82, 2.24) is 20.0 Å². The standard InChI is InChI=1S/C12H19BrN4O/c1-3-9-12(13)10(17(4-2)15-9)7-16-6-5-14-11(18)8-16/h3-8H2,1-2H3,(H,14,18). The summed E-state index contributed by atoms with van der Waals surface area (Å²) in [4.78, 5) is 13.5. The Morgan fingerprint density at radius 2 is 2.22 bits per heavy atom. The first kappa shape index (κ1) is 13.5. The van der Waals surface area contributed by atoms with Gasteiger partial charge in [-0.05, 0) is 29.3 Å². The van der Waals surface area contributed by atoms with Crippen LogP contribution in [0, 0.1) is 0 Å². The lowest BCUT2D eigenvalue weighted by Crippen LogP contribution is -2.47. The van der Waals surface area contributed by atoms with Crippen LogP contribution < -0.4 is 5.32 Å². The van der Waals surface area contributed by atoms with Gasteiger partial charge in [-0.1, -0.05) is 6.92 Å². The average Bonchev–Trinajstić information content (AvgIpc) is 2.66. The first-order valence-electron chi connectivity index (χ1n) is 6.38. The maximum atomic E-state index is 11.4. The van der Waals surface area contributed by atoms with Crippen LogP contribution in [0.1, 0.15) is 25.2 Å². The molecule has 1 saturated heterocycles. The van der Waals surface area contributed by atoms with E-state index in [1.165, 1.54) is 5.69 Å². The molecule has 100 valence electrons. The van der Waals surface area contributed by atoms with Crippen molar-refractivity contribution < 1.29 is 4.79 Å². The molecule has 1 aromatic rings. The van der Waals surface area contributed by atoms with E-state index >= 15 is 0 Å². The average molecular weight is 315 g/mol. The summed E-state index contributed by atoms with van der Waals surface area (Å²) in [5.74, 6) is 0.107. The Labute approximate surface area is 116 Å². The highest BCUT2D eigenvalue weighted by molar-refractivity contribution is 9.10. The quantitative estimate of drug-likeness (QED) is 0.907. The predicted molar refractivity (Wildman–Crippen MR) is 73.3 cm³/mol. The molecule has 2 rings (SSSR count). The molecule has 0 aromatic carbocycles. The third-order valence-electron chi connectivity index (χ3n) is 3.18. The number of aromatic nitrogens is 2. The number of halogens is 1. The molecule has 2 heterocycles. The van der Waals surface area contributed by atoms with Crippen LogP contribution in [0.25, 0.3) is 0 Å². The van der Waals surface area contributed by atoms with Gasteiger partial charge in [0, 0.05) is 26.2 Å². The molecular weight excluding hydrogens is 296 g/mol. The molecule has 0 aliphatic carbocycles. The highest BCUT2D eigenvalue weighted by Crippen LogP contribution is 2.23. The lowest BCUT2D eigenvalue weighted by atomic mass is 10.2. The van der Waals surface area contributed by atoms with Crippen molar-refractivity contribution in [3.05, 3.63) is 15.9 Å². The monoisotopic (exact) mass is 314 g/mol. The van der Waals surface area contributed by atoms with Gasteiger partial charge in [-0.3, -0.25) is 14.4 Å². The van der Waals surface area contributed by atoms with Crippen LogP contribution in [-0.4, -0.2) is 40.2 Å². The van der Waals surface area contributed by atoms with Gasteiger partial charge in [0.2, 0.25) is 5.91 Å². The van der Waals surface area contributed by atoms with Crippen LogP contribution in [0.2, 0.25) is 0 Å². The molecule has 6 heteroatoms. The summed E-state index contributed by atoms with van der Waals surface area (Å²) < 4.78 is 3.12. The first-order valence-corrected chi connectivity index (χ1v) is 7.18. The van der Waals surface area contributed by atoms with E-state index < -0.39 is 0 Å². The van der Waals surface area contributed by atoms with Crippen LogP contribution in [0.3, 0.4) is 0 Å². The number of amides is 1. The van der Waals surface area contributed by atoms with Crippen LogP contribution in [0.15, 0.2) is 4.47 Å². The van der Waals surface area contributed by atoms with Gasteiger partial charge in [0.15, 0.2) is 0 Å².